The molecule has 1 aromatic rings. The average molecular weight is 217 g/mol. The first-order valence-electron chi connectivity index (χ1n) is 6.62. The van der Waals surface area contributed by atoms with Crippen molar-refractivity contribution in [1.82, 2.24) is 4.90 Å². The standard InChI is InChI=1S/C15H23N/c1-3-13(2)15(16-11-7-8-12-16)14-9-5-4-6-10-14/h4-6,9-10,13,15H,3,7-8,11-12H2,1-2H3. The highest BCUT2D eigenvalue weighted by molar-refractivity contribution is 5.20. The van der Waals surface area contributed by atoms with Gasteiger partial charge in [-0.05, 0) is 37.4 Å². The van der Waals surface area contributed by atoms with Crippen molar-refractivity contribution in [2.45, 2.75) is 39.2 Å². The van der Waals surface area contributed by atoms with Gasteiger partial charge in [0.1, 0.15) is 0 Å². The maximum atomic E-state index is 2.67. The van der Waals surface area contributed by atoms with Crippen molar-refractivity contribution in [2.24, 2.45) is 5.92 Å². The predicted molar refractivity (Wildman–Crippen MR) is 69.4 cm³/mol. The molecule has 1 aromatic carbocycles. The third-order valence-corrected chi connectivity index (χ3v) is 3.86. The molecule has 2 unspecified atom stereocenters. The Labute approximate surface area is 99.5 Å². The molecule has 1 aliphatic heterocycles. The van der Waals surface area contributed by atoms with Crippen molar-refractivity contribution in [1.29, 1.82) is 0 Å². The maximum absolute atomic E-state index is 2.67. The summed E-state index contributed by atoms with van der Waals surface area (Å²) in [5.41, 5.74) is 1.50. The van der Waals surface area contributed by atoms with Gasteiger partial charge in [-0.25, -0.2) is 0 Å². The first kappa shape index (κ1) is 11.7. The molecule has 1 heterocycles. The lowest BCUT2D eigenvalue weighted by Crippen LogP contribution is -2.30. The van der Waals surface area contributed by atoms with Crippen LogP contribution in [0.5, 0.6) is 0 Å². The Morgan fingerprint density at radius 1 is 1.12 bits per heavy atom. The summed E-state index contributed by atoms with van der Waals surface area (Å²) in [7, 11) is 0. The van der Waals surface area contributed by atoms with Crippen LogP contribution < -0.4 is 0 Å². The molecule has 1 saturated heterocycles. The monoisotopic (exact) mass is 217 g/mol. The number of nitrogens with zero attached hydrogens (tertiary/aromatic N) is 1. The molecule has 0 amide bonds. The van der Waals surface area contributed by atoms with Gasteiger partial charge in [-0.3, -0.25) is 4.90 Å². The van der Waals surface area contributed by atoms with Crippen LogP contribution in [0.2, 0.25) is 0 Å². The molecule has 1 fully saturated rings. The lowest BCUT2D eigenvalue weighted by Gasteiger charge is -2.32. The summed E-state index contributed by atoms with van der Waals surface area (Å²) < 4.78 is 0. The summed E-state index contributed by atoms with van der Waals surface area (Å²) in [6.07, 6.45) is 4.01. The summed E-state index contributed by atoms with van der Waals surface area (Å²) in [6.45, 7) is 7.25. The SMILES string of the molecule is CCC(C)C(c1ccccc1)N1CCCC1. The number of benzene rings is 1. The second-order valence-corrected chi connectivity index (χ2v) is 4.98. The topological polar surface area (TPSA) is 3.24 Å². The second-order valence-electron chi connectivity index (χ2n) is 4.98. The fourth-order valence-corrected chi connectivity index (χ4v) is 2.79. The molecule has 0 bridgehead atoms. The molecule has 1 heteroatoms. The van der Waals surface area contributed by atoms with E-state index in [1.54, 1.807) is 0 Å². The maximum Gasteiger partial charge on any atom is 0.0373 e. The molecule has 0 radical (unpaired) electrons. The minimum absolute atomic E-state index is 0.633. The van der Waals surface area contributed by atoms with Crippen molar-refractivity contribution in [3.8, 4) is 0 Å². The summed E-state index contributed by atoms with van der Waals surface area (Å²) in [4.78, 5) is 2.67. The molecule has 0 N–H and O–H groups in total. The van der Waals surface area contributed by atoms with Crippen LogP contribution in [0.15, 0.2) is 30.3 Å². The van der Waals surface area contributed by atoms with E-state index in [1.165, 1.54) is 37.9 Å². The van der Waals surface area contributed by atoms with E-state index in [4.69, 9.17) is 0 Å². The van der Waals surface area contributed by atoms with Crippen molar-refractivity contribution < 1.29 is 0 Å². The van der Waals surface area contributed by atoms with Gasteiger partial charge in [-0.2, -0.15) is 0 Å². The molecule has 0 aromatic heterocycles. The van der Waals surface area contributed by atoms with Crippen molar-refractivity contribution in [3.05, 3.63) is 35.9 Å². The van der Waals surface area contributed by atoms with Gasteiger partial charge in [-0.15, -0.1) is 0 Å². The van der Waals surface area contributed by atoms with E-state index < -0.39 is 0 Å². The van der Waals surface area contributed by atoms with Gasteiger partial charge in [0.15, 0.2) is 0 Å². The van der Waals surface area contributed by atoms with E-state index >= 15 is 0 Å². The smallest absolute Gasteiger partial charge is 0.0373 e. The zero-order chi connectivity index (χ0) is 11.4. The minimum Gasteiger partial charge on any atom is -0.296 e. The molecule has 1 nitrogen and oxygen atoms in total. The molecule has 0 aliphatic carbocycles. The Bertz CT molecular complexity index is 300. The van der Waals surface area contributed by atoms with Crippen LogP contribution in [0.1, 0.15) is 44.7 Å². The van der Waals surface area contributed by atoms with E-state index in [0.29, 0.717) is 6.04 Å². The first-order chi connectivity index (χ1) is 7.83. The van der Waals surface area contributed by atoms with Crippen LogP contribution in [0, 0.1) is 5.92 Å². The van der Waals surface area contributed by atoms with E-state index in [1.807, 2.05) is 0 Å². The summed E-state index contributed by atoms with van der Waals surface area (Å²) in [5, 5.41) is 0. The van der Waals surface area contributed by atoms with E-state index in [0.717, 1.165) is 5.92 Å². The van der Waals surface area contributed by atoms with Crippen molar-refractivity contribution in [2.75, 3.05) is 13.1 Å². The van der Waals surface area contributed by atoms with Crippen LogP contribution in [0.4, 0.5) is 0 Å². The Morgan fingerprint density at radius 2 is 1.75 bits per heavy atom. The molecular formula is C15H23N. The van der Waals surface area contributed by atoms with Gasteiger partial charge < -0.3 is 0 Å². The lowest BCUT2D eigenvalue weighted by molar-refractivity contribution is 0.181. The van der Waals surface area contributed by atoms with Gasteiger partial charge in [0.2, 0.25) is 0 Å². The highest BCUT2D eigenvalue weighted by Crippen LogP contribution is 2.32. The Kier molecular flexibility index (Phi) is 4.00. The summed E-state index contributed by atoms with van der Waals surface area (Å²) in [5.74, 6) is 0.750. The zero-order valence-corrected chi connectivity index (χ0v) is 10.5. The third-order valence-electron chi connectivity index (χ3n) is 3.86. The lowest BCUT2D eigenvalue weighted by atomic mass is 9.91. The summed E-state index contributed by atoms with van der Waals surface area (Å²) >= 11 is 0. The largest absolute Gasteiger partial charge is 0.296 e. The molecule has 1 aliphatic rings. The zero-order valence-electron chi connectivity index (χ0n) is 10.5. The molecule has 2 atom stereocenters. The summed E-state index contributed by atoms with van der Waals surface area (Å²) in [6, 6.07) is 11.7. The Hall–Kier alpha value is -0.820. The highest BCUT2D eigenvalue weighted by Gasteiger charge is 2.26. The molecule has 0 saturated carbocycles. The van der Waals surface area contributed by atoms with E-state index in [-0.39, 0.29) is 0 Å². The van der Waals surface area contributed by atoms with Crippen molar-refractivity contribution in [3.63, 3.8) is 0 Å². The predicted octanol–water partition coefficient (Wildman–Crippen LogP) is 3.87. The first-order valence-corrected chi connectivity index (χ1v) is 6.62. The Morgan fingerprint density at radius 3 is 2.31 bits per heavy atom. The number of hydrogen-bond acceptors (Lipinski definition) is 1. The molecule has 16 heavy (non-hydrogen) atoms. The van der Waals surface area contributed by atoms with Gasteiger partial charge in [0, 0.05) is 6.04 Å². The molecule has 2 rings (SSSR count). The van der Waals surface area contributed by atoms with Gasteiger partial charge >= 0.3 is 0 Å². The fourth-order valence-electron chi connectivity index (χ4n) is 2.79. The van der Waals surface area contributed by atoms with Crippen molar-refractivity contribution >= 4 is 0 Å². The van der Waals surface area contributed by atoms with Gasteiger partial charge in [-0.1, -0.05) is 50.6 Å². The van der Waals surface area contributed by atoms with Crippen LogP contribution in [0.25, 0.3) is 0 Å². The third kappa shape index (κ3) is 2.46. The number of hydrogen-bond donors (Lipinski definition) is 0. The Balaban J connectivity index is 2.20. The molecular weight excluding hydrogens is 194 g/mol. The van der Waals surface area contributed by atoms with Crippen LogP contribution in [-0.4, -0.2) is 18.0 Å². The van der Waals surface area contributed by atoms with Gasteiger partial charge in [0.05, 0.1) is 0 Å². The van der Waals surface area contributed by atoms with E-state index in [9.17, 15) is 0 Å². The highest BCUT2D eigenvalue weighted by atomic mass is 15.2. The average Bonchev–Trinajstić information content (AvgIpc) is 2.84. The quantitative estimate of drug-likeness (QED) is 0.740. The fraction of sp³-hybridized carbons (Fsp3) is 0.600. The van der Waals surface area contributed by atoms with Crippen LogP contribution >= 0.6 is 0 Å². The number of likely N-dealkylation sites (tertiary alicyclic amines) is 1. The van der Waals surface area contributed by atoms with Gasteiger partial charge in [0.25, 0.3) is 0 Å². The second kappa shape index (κ2) is 5.49. The number of rotatable bonds is 4. The minimum atomic E-state index is 0.633. The normalized spacial score (nSPS) is 20.9. The molecule has 0 spiro atoms. The molecule has 88 valence electrons. The van der Waals surface area contributed by atoms with Crippen LogP contribution in [-0.2, 0) is 0 Å². The van der Waals surface area contributed by atoms with E-state index in [2.05, 4.69) is 49.1 Å². The van der Waals surface area contributed by atoms with Crippen LogP contribution in [0.3, 0.4) is 0 Å².